The Balaban J connectivity index is 1.62. The van der Waals surface area contributed by atoms with Gasteiger partial charge in [-0.25, -0.2) is 4.68 Å². The van der Waals surface area contributed by atoms with E-state index in [1.165, 1.54) is 11.3 Å². The quantitative estimate of drug-likeness (QED) is 0.481. The van der Waals surface area contributed by atoms with Crippen molar-refractivity contribution in [2.45, 2.75) is 0 Å². The average molecular weight is 445 g/mol. The Hall–Kier alpha value is -3.91. The third-order valence-corrected chi connectivity index (χ3v) is 6.15. The Bertz CT molecular complexity index is 1430. The number of anilines is 1. The summed E-state index contributed by atoms with van der Waals surface area (Å²) in [5.74, 6) is 1.23. The van der Waals surface area contributed by atoms with E-state index in [9.17, 15) is 4.79 Å². The maximum Gasteiger partial charge on any atom is 0.262 e. The molecule has 1 aliphatic rings. The van der Waals surface area contributed by atoms with Crippen LogP contribution >= 0.6 is 11.3 Å². The second-order valence-electron chi connectivity index (χ2n) is 7.13. The van der Waals surface area contributed by atoms with Gasteiger partial charge in [0.2, 0.25) is 4.80 Å². The molecule has 0 saturated carbocycles. The Morgan fingerprint density at radius 2 is 2.06 bits per heavy atom. The van der Waals surface area contributed by atoms with Gasteiger partial charge in [0.05, 0.1) is 24.7 Å². The van der Waals surface area contributed by atoms with E-state index in [0.717, 1.165) is 38.1 Å². The summed E-state index contributed by atoms with van der Waals surface area (Å²) in [4.78, 5) is 16.8. The van der Waals surface area contributed by atoms with Gasteiger partial charge in [0.25, 0.3) is 5.91 Å². The maximum absolute atomic E-state index is 11.7. The molecule has 4 aromatic rings. The first kappa shape index (κ1) is 20.0. The molecule has 1 aliphatic heterocycles. The van der Waals surface area contributed by atoms with Crippen molar-refractivity contribution in [2.24, 2.45) is 10.1 Å². The molecule has 0 aliphatic carbocycles. The zero-order chi connectivity index (χ0) is 22.1. The van der Waals surface area contributed by atoms with Crippen LogP contribution in [0.1, 0.15) is 5.56 Å². The van der Waals surface area contributed by atoms with Crippen molar-refractivity contribution in [3.8, 4) is 22.8 Å². The van der Waals surface area contributed by atoms with Gasteiger partial charge in [0.1, 0.15) is 11.5 Å². The molecule has 7 nitrogen and oxygen atoms in total. The number of amides is 1. The lowest BCUT2D eigenvalue weighted by atomic mass is 10.0. The lowest BCUT2D eigenvalue weighted by molar-refractivity contribution is -0.118. The molecule has 0 atom stereocenters. The molecular weight excluding hydrogens is 424 g/mol. The molecule has 0 radical (unpaired) electrons. The van der Waals surface area contributed by atoms with Gasteiger partial charge < -0.3 is 14.8 Å². The third-order valence-electron chi connectivity index (χ3n) is 5.24. The normalized spacial score (nSPS) is 13.8. The number of carbonyl (C=O) groups excluding carboxylic acids is 1. The number of nitrogens with one attached hydrogen (secondary N) is 1. The van der Waals surface area contributed by atoms with Gasteiger partial charge in [-0.15, -0.1) is 11.3 Å². The summed E-state index contributed by atoms with van der Waals surface area (Å²) in [6.45, 7) is 0.0286. The van der Waals surface area contributed by atoms with Crippen LogP contribution < -0.4 is 19.6 Å². The monoisotopic (exact) mass is 444 g/mol. The van der Waals surface area contributed by atoms with Gasteiger partial charge in [-0.2, -0.15) is 5.10 Å². The van der Waals surface area contributed by atoms with E-state index in [1.807, 2.05) is 47.8 Å². The second-order valence-corrected chi connectivity index (χ2v) is 7.97. The number of hydrogen-bond acceptors (Lipinski definition) is 6. The highest BCUT2D eigenvalue weighted by atomic mass is 32.1. The largest absolute Gasteiger partial charge is 0.496 e. The van der Waals surface area contributed by atoms with Crippen LogP contribution in [-0.4, -0.2) is 37.6 Å². The van der Waals surface area contributed by atoms with Crippen molar-refractivity contribution in [3.05, 3.63) is 70.3 Å². The maximum atomic E-state index is 11.7. The Morgan fingerprint density at radius 1 is 1.19 bits per heavy atom. The average Bonchev–Trinajstić information content (AvgIpc) is 3.24. The lowest BCUT2D eigenvalue weighted by Gasteiger charge is -2.18. The number of carbonyl (C=O) groups is 1. The molecule has 0 fully saturated rings. The van der Waals surface area contributed by atoms with Crippen LogP contribution in [0.5, 0.6) is 11.5 Å². The van der Waals surface area contributed by atoms with E-state index in [4.69, 9.17) is 14.6 Å². The number of benzene rings is 3. The molecule has 0 unspecified atom stereocenters. The fourth-order valence-corrected chi connectivity index (χ4v) is 4.51. The van der Waals surface area contributed by atoms with Crippen LogP contribution in [0.2, 0.25) is 0 Å². The van der Waals surface area contributed by atoms with Crippen LogP contribution in [0.3, 0.4) is 0 Å². The van der Waals surface area contributed by atoms with Gasteiger partial charge in [-0.1, -0.05) is 30.3 Å². The molecule has 0 saturated heterocycles. The molecule has 1 N–H and O–H groups in total. The van der Waals surface area contributed by atoms with Gasteiger partial charge in [-0.05, 0) is 35.0 Å². The topological polar surface area (TPSA) is 77.2 Å². The molecule has 8 heteroatoms. The van der Waals surface area contributed by atoms with Crippen LogP contribution in [0.25, 0.3) is 22.0 Å². The zero-order valence-electron chi connectivity index (χ0n) is 17.5. The number of ether oxygens (including phenoxy) is 2. The fourth-order valence-electron chi connectivity index (χ4n) is 3.71. The van der Waals surface area contributed by atoms with Crippen LogP contribution in [0.4, 0.5) is 5.69 Å². The predicted molar refractivity (Wildman–Crippen MR) is 127 cm³/mol. The molecule has 5 rings (SSSR count). The molecule has 3 aromatic carbocycles. The van der Waals surface area contributed by atoms with Gasteiger partial charge in [-0.3, -0.25) is 9.79 Å². The van der Waals surface area contributed by atoms with E-state index < -0.39 is 0 Å². The van der Waals surface area contributed by atoms with Crippen LogP contribution in [0, 0.1) is 0 Å². The highest BCUT2D eigenvalue weighted by molar-refractivity contribution is 7.07. The summed E-state index contributed by atoms with van der Waals surface area (Å²) in [5, 5.41) is 11.8. The molecule has 1 aromatic heterocycles. The first-order valence-corrected chi connectivity index (χ1v) is 10.9. The Morgan fingerprint density at radius 3 is 2.91 bits per heavy atom. The smallest absolute Gasteiger partial charge is 0.262 e. The number of aromatic nitrogens is 1. The number of methoxy groups -OCH3 is 1. The second kappa shape index (κ2) is 8.32. The van der Waals surface area contributed by atoms with Crippen molar-refractivity contribution >= 4 is 39.9 Å². The van der Waals surface area contributed by atoms with E-state index in [2.05, 4.69) is 22.4 Å². The Labute approximate surface area is 188 Å². The van der Waals surface area contributed by atoms with E-state index in [1.54, 1.807) is 25.0 Å². The lowest BCUT2D eigenvalue weighted by Crippen LogP contribution is -2.25. The van der Waals surface area contributed by atoms with Crippen molar-refractivity contribution in [1.29, 1.82) is 0 Å². The van der Waals surface area contributed by atoms with Crippen LogP contribution in [0.15, 0.2) is 70.1 Å². The van der Waals surface area contributed by atoms with Gasteiger partial charge in [0.15, 0.2) is 6.61 Å². The molecule has 2 heterocycles. The molecular formula is C24H20N4O3S. The SMILES string of the molecule is CN=c1scc(-c2ccc3c(c2)NC(=O)CO3)n1N=Cc1c(OC)ccc2ccccc12. The van der Waals surface area contributed by atoms with Crippen LogP contribution in [-0.2, 0) is 4.79 Å². The van der Waals surface area contributed by atoms with E-state index >= 15 is 0 Å². The molecule has 32 heavy (non-hydrogen) atoms. The van der Waals surface area contributed by atoms with Crippen molar-refractivity contribution < 1.29 is 14.3 Å². The Kier molecular flexibility index (Phi) is 5.20. The summed E-state index contributed by atoms with van der Waals surface area (Å²) >= 11 is 1.49. The minimum Gasteiger partial charge on any atom is -0.496 e. The number of fused-ring (bicyclic) bond motifs is 2. The summed E-state index contributed by atoms with van der Waals surface area (Å²) in [5.41, 5.74) is 3.28. The van der Waals surface area contributed by atoms with Crippen molar-refractivity contribution in [2.75, 3.05) is 26.1 Å². The molecule has 160 valence electrons. The number of thiazole rings is 1. The summed E-state index contributed by atoms with van der Waals surface area (Å²) in [6, 6.07) is 17.8. The highest BCUT2D eigenvalue weighted by Crippen LogP contribution is 2.33. The number of nitrogens with zero attached hydrogens (tertiary/aromatic N) is 3. The standard InChI is InChI=1S/C24H20N4O3S/c1-25-24-28(26-12-18-17-6-4-3-5-15(17)7-9-21(18)30-2)20(14-32-24)16-8-10-22-19(11-16)27-23(29)13-31-22/h3-12,14H,13H2,1-2H3,(H,27,29). The minimum atomic E-state index is -0.168. The molecule has 0 spiro atoms. The number of rotatable bonds is 4. The number of hydrogen-bond donors (Lipinski definition) is 1. The predicted octanol–water partition coefficient (Wildman–Crippen LogP) is 4.12. The van der Waals surface area contributed by atoms with E-state index in [-0.39, 0.29) is 12.5 Å². The van der Waals surface area contributed by atoms with Crippen molar-refractivity contribution in [3.63, 3.8) is 0 Å². The first-order valence-electron chi connectivity index (χ1n) is 9.98. The minimum absolute atomic E-state index is 0.0286. The molecule has 1 amide bonds. The van der Waals surface area contributed by atoms with Gasteiger partial charge >= 0.3 is 0 Å². The summed E-state index contributed by atoms with van der Waals surface area (Å²) in [6.07, 6.45) is 1.80. The zero-order valence-corrected chi connectivity index (χ0v) is 18.3. The summed E-state index contributed by atoms with van der Waals surface area (Å²) < 4.78 is 12.9. The third kappa shape index (κ3) is 3.54. The van der Waals surface area contributed by atoms with Crippen molar-refractivity contribution in [1.82, 2.24) is 4.68 Å². The molecule has 0 bridgehead atoms. The van der Waals surface area contributed by atoms with E-state index in [0.29, 0.717) is 11.4 Å². The summed E-state index contributed by atoms with van der Waals surface area (Å²) in [7, 11) is 3.39. The highest BCUT2D eigenvalue weighted by Gasteiger charge is 2.18. The fraction of sp³-hybridized carbons (Fsp3) is 0.125. The first-order chi connectivity index (χ1) is 15.7. The van der Waals surface area contributed by atoms with Gasteiger partial charge in [0, 0.05) is 23.6 Å².